The van der Waals surface area contributed by atoms with Crippen LogP contribution in [0.2, 0.25) is 0 Å². The van der Waals surface area contributed by atoms with E-state index in [1.165, 1.54) is 12.1 Å². The van der Waals surface area contributed by atoms with Crippen molar-refractivity contribution in [1.29, 1.82) is 0 Å². The Labute approximate surface area is 155 Å². The summed E-state index contributed by atoms with van der Waals surface area (Å²) in [6.45, 7) is 0.460. The molecule has 0 saturated carbocycles. The monoisotopic (exact) mass is 360 g/mol. The molecule has 0 saturated heterocycles. The molecule has 3 N–H and O–H groups in total. The molecule has 1 amide bonds. The number of nitrogens with one attached hydrogen (secondary N) is 1. The summed E-state index contributed by atoms with van der Waals surface area (Å²) in [4.78, 5) is 16.2. The van der Waals surface area contributed by atoms with E-state index in [0.717, 1.165) is 22.7 Å². The predicted octanol–water partition coefficient (Wildman–Crippen LogP) is 3.88. The molecule has 27 heavy (non-hydrogen) atoms. The summed E-state index contributed by atoms with van der Waals surface area (Å²) in [7, 11) is 0. The van der Waals surface area contributed by atoms with E-state index in [0.29, 0.717) is 17.6 Å². The molecule has 1 heterocycles. The minimum absolute atomic E-state index is 0.303. The molecule has 0 radical (unpaired) electrons. The number of carbonyl (C=O) groups is 1. The van der Waals surface area contributed by atoms with E-state index in [2.05, 4.69) is 10.3 Å². The number of fused-ring (bicyclic) bond motifs is 1. The van der Waals surface area contributed by atoms with Crippen LogP contribution in [-0.4, -0.2) is 15.5 Å². The number of rotatable bonds is 5. The van der Waals surface area contributed by atoms with Crippen molar-refractivity contribution >= 4 is 22.6 Å². The van der Waals surface area contributed by atoms with Gasteiger partial charge in [0.25, 0.3) is 0 Å². The Morgan fingerprint density at radius 2 is 1.78 bits per heavy atom. The number of carbonyl (C=O) groups excluding carboxylic acids is 1. The molecule has 0 aliphatic carbocycles. The van der Waals surface area contributed by atoms with Crippen molar-refractivity contribution in [3.8, 4) is 5.69 Å². The molecular weight excluding hydrogens is 343 g/mol. The fourth-order valence-electron chi connectivity index (χ4n) is 3.02. The van der Waals surface area contributed by atoms with Gasteiger partial charge in [0.1, 0.15) is 11.6 Å². The van der Waals surface area contributed by atoms with E-state index < -0.39 is 5.91 Å². The third-order valence-electron chi connectivity index (χ3n) is 4.32. The summed E-state index contributed by atoms with van der Waals surface area (Å²) >= 11 is 0. The fraction of sp³-hybridized carbons (Fsp3) is 0.0476. The second-order valence-electron chi connectivity index (χ2n) is 6.13. The average Bonchev–Trinajstić information content (AvgIpc) is 3.05. The molecule has 6 heteroatoms. The van der Waals surface area contributed by atoms with Gasteiger partial charge >= 0.3 is 0 Å². The van der Waals surface area contributed by atoms with Crippen LogP contribution >= 0.6 is 0 Å². The van der Waals surface area contributed by atoms with Gasteiger partial charge in [-0.15, -0.1) is 0 Å². The minimum Gasteiger partial charge on any atom is -0.378 e. The molecular formula is C21H17FN4O. The van der Waals surface area contributed by atoms with Crippen LogP contribution in [0.25, 0.3) is 16.7 Å². The number of halogens is 1. The molecule has 134 valence electrons. The Kier molecular flexibility index (Phi) is 4.30. The third kappa shape index (κ3) is 3.37. The number of hydrogen-bond donors (Lipinski definition) is 2. The van der Waals surface area contributed by atoms with Crippen molar-refractivity contribution < 1.29 is 9.18 Å². The number of amides is 1. The van der Waals surface area contributed by atoms with Gasteiger partial charge in [0.05, 0.1) is 17.6 Å². The van der Waals surface area contributed by atoms with Crippen molar-refractivity contribution in [1.82, 2.24) is 9.55 Å². The standard InChI is InChI=1S/C21H17FN4O/c22-15-7-9-17(10-8-15)26-19-11-6-14(21(23)27)12-18(19)25-20(26)13-24-16-4-2-1-3-5-16/h1-12,24H,13H2,(H2,23,27). The van der Waals surface area contributed by atoms with Crippen molar-refractivity contribution in [2.24, 2.45) is 5.73 Å². The number of para-hydroxylation sites is 1. The van der Waals surface area contributed by atoms with Crippen LogP contribution in [-0.2, 0) is 6.54 Å². The number of imidazole rings is 1. The highest BCUT2D eigenvalue weighted by molar-refractivity contribution is 5.96. The quantitative estimate of drug-likeness (QED) is 0.567. The molecule has 5 nitrogen and oxygen atoms in total. The van der Waals surface area contributed by atoms with Gasteiger partial charge < -0.3 is 11.1 Å². The average molecular weight is 360 g/mol. The van der Waals surface area contributed by atoms with Crippen LogP contribution in [0.3, 0.4) is 0 Å². The lowest BCUT2D eigenvalue weighted by atomic mass is 10.2. The SMILES string of the molecule is NC(=O)c1ccc2c(c1)nc(CNc1ccccc1)n2-c1ccc(F)cc1. The van der Waals surface area contributed by atoms with E-state index in [-0.39, 0.29) is 5.82 Å². The Balaban J connectivity index is 1.80. The zero-order valence-electron chi connectivity index (χ0n) is 14.4. The number of nitrogens with two attached hydrogens (primary N) is 1. The first-order valence-electron chi connectivity index (χ1n) is 8.48. The highest BCUT2D eigenvalue weighted by atomic mass is 19.1. The lowest BCUT2D eigenvalue weighted by molar-refractivity contribution is 0.100. The first-order chi connectivity index (χ1) is 13.1. The molecule has 0 unspecified atom stereocenters. The maximum absolute atomic E-state index is 13.4. The molecule has 0 bridgehead atoms. The van der Waals surface area contributed by atoms with Crippen LogP contribution < -0.4 is 11.1 Å². The maximum atomic E-state index is 13.4. The summed E-state index contributed by atoms with van der Waals surface area (Å²) in [6, 6.07) is 21.1. The molecule has 4 rings (SSSR count). The van der Waals surface area contributed by atoms with E-state index in [1.807, 2.05) is 34.9 Å². The van der Waals surface area contributed by atoms with Crippen LogP contribution in [0.1, 0.15) is 16.2 Å². The fourth-order valence-corrected chi connectivity index (χ4v) is 3.02. The summed E-state index contributed by atoms with van der Waals surface area (Å²) in [5.74, 6) is -0.0672. The molecule has 0 aliphatic rings. The molecule has 4 aromatic rings. The van der Waals surface area contributed by atoms with E-state index in [1.54, 1.807) is 30.3 Å². The molecule has 1 aromatic heterocycles. The number of benzene rings is 3. The molecule has 0 fully saturated rings. The van der Waals surface area contributed by atoms with Crippen molar-refractivity contribution in [3.05, 3.63) is 90.0 Å². The van der Waals surface area contributed by atoms with Gasteiger partial charge in [-0.05, 0) is 54.6 Å². The summed E-state index contributed by atoms with van der Waals surface area (Å²) < 4.78 is 15.3. The third-order valence-corrected chi connectivity index (χ3v) is 4.32. The first-order valence-corrected chi connectivity index (χ1v) is 8.48. The number of nitrogens with zero attached hydrogens (tertiary/aromatic N) is 2. The predicted molar refractivity (Wildman–Crippen MR) is 103 cm³/mol. The zero-order valence-corrected chi connectivity index (χ0v) is 14.4. The van der Waals surface area contributed by atoms with Crippen LogP contribution in [0, 0.1) is 5.82 Å². The Morgan fingerprint density at radius 3 is 2.48 bits per heavy atom. The lowest BCUT2D eigenvalue weighted by Crippen LogP contribution is -2.10. The Hall–Kier alpha value is -3.67. The van der Waals surface area contributed by atoms with E-state index >= 15 is 0 Å². The maximum Gasteiger partial charge on any atom is 0.248 e. The van der Waals surface area contributed by atoms with Crippen LogP contribution in [0.15, 0.2) is 72.8 Å². The highest BCUT2D eigenvalue weighted by Gasteiger charge is 2.14. The summed E-state index contributed by atoms with van der Waals surface area (Å²) in [5, 5.41) is 3.33. The smallest absolute Gasteiger partial charge is 0.248 e. The van der Waals surface area contributed by atoms with Gasteiger partial charge in [0, 0.05) is 16.9 Å². The number of aromatic nitrogens is 2. The Bertz CT molecular complexity index is 1100. The second kappa shape index (κ2) is 6.92. The molecule has 0 atom stereocenters. The molecule has 0 spiro atoms. The second-order valence-corrected chi connectivity index (χ2v) is 6.13. The number of anilines is 1. The summed E-state index contributed by atoms with van der Waals surface area (Å²) in [6.07, 6.45) is 0. The van der Waals surface area contributed by atoms with Crippen molar-refractivity contribution in [2.75, 3.05) is 5.32 Å². The largest absolute Gasteiger partial charge is 0.378 e. The zero-order chi connectivity index (χ0) is 18.8. The highest BCUT2D eigenvalue weighted by Crippen LogP contribution is 2.24. The lowest BCUT2D eigenvalue weighted by Gasteiger charge is -2.11. The minimum atomic E-state index is -0.503. The van der Waals surface area contributed by atoms with Gasteiger partial charge in [0.2, 0.25) is 5.91 Å². The number of hydrogen-bond acceptors (Lipinski definition) is 3. The van der Waals surface area contributed by atoms with Crippen molar-refractivity contribution in [3.63, 3.8) is 0 Å². The van der Waals surface area contributed by atoms with E-state index in [4.69, 9.17) is 5.73 Å². The van der Waals surface area contributed by atoms with Gasteiger partial charge in [0.15, 0.2) is 0 Å². The van der Waals surface area contributed by atoms with Crippen LogP contribution in [0.4, 0.5) is 10.1 Å². The first kappa shape index (κ1) is 16.8. The van der Waals surface area contributed by atoms with Gasteiger partial charge in [-0.25, -0.2) is 9.37 Å². The normalized spacial score (nSPS) is 10.9. The summed E-state index contributed by atoms with van der Waals surface area (Å²) in [5.41, 5.74) is 9.00. The number of primary amides is 1. The van der Waals surface area contributed by atoms with Crippen LogP contribution in [0.5, 0.6) is 0 Å². The van der Waals surface area contributed by atoms with Gasteiger partial charge in [-0.1, -0.05) is 18.2 Å². The van der Waals surface area contributed by atoms with Crippen molar-refractivity contribution in [2.45, 2.75) is 6.54 Å². The Morgan fingerprint density at radius 1 is 1.04 bits per heavy atom. The molecule has 3 aromatic carbocycles. The molecule has 0 aliphatic heterocycles. The van der Waals surface area contributed by atoms with Gasteiger partial charge in [-0.2, -0.15) is 0 Å². The topological polar surface area (TPSA) is 72.9 Å². The van der Waals surface area contributed by atoms with Gasteiger partial charge in [-0.3, -0.25) is 9.36 Å². The van der Waals surface area contributed by atoms with E-state index in [9.17, 15) is 9.18 Å².